The topological polar surface area (TPSA) is 80.3 Å². The minimum absolute atomic E-state index is 0. The Balaban J connectivity index is -0.0000000800. The summed E-state index contributed by atoms with van der Waals surface area (Å²) in [6.45, 7) is 0. The molecule has 0 saturated heterocycles. The predicted molar refractivity (Wildman–Crippen MR) is 10.5 cm³/mol. The molecule has 0 amide bonds. The van der Waals surface area contributed by atoms with Crippen LogP contribution in [-0.4, -0.2) is 17.5 Å². The molecule has 0 aromatic rings. The van der Waals surface area contributed by atoms with Crippen molar-refractivity contribution in [2.45, 2.75) is 0 Å². The Morgan fingerprint density at radius 2 is 1.14 bits per heavy atom. The summed E-state index contributed by atoms with van der Waals surface area (Å²) in [6.07, 6.45) is 0. The number of rotatable bonds is 0. The second-order valence-electron chi connectivity index (χ2n) is 0.408. The van der Waals surface area contributed by atoms with E-state index in [0.717, 1.165) is 0 Å². The molecule has 0 aliphatic heterocycles. The zero-order chi connectivity index (χ0) is 4.50. The molecular formula is LiO4SZn+. The van der Waals surface area contributed by atoms with Gasteiger partial charge in [0.2, 0.25) is 0 Å². The van der Waals surface area contributed by atoms with Crippen molar-refractivity contribution in [3.8, 4) is 0 Å². The molecule has 0 aliphatic rings. The molecule has 0 unspecified atom stereocenters. The van der Waals surface area contributed by atoms with Gasteiger partial charge in [0.1, 0.15) is 0 Å². The van der Waals surface area contributed by atoms with Crippen molar-refractivity contribution in [3.63, 3.8) is 0 Å². The molecule has 0 radical (unpaired) electrons. The largest absolute Gasteiger partial charge is 2.00 e. The zero-order valence-corrected chi connectivity index (χ0v) is 7.53. The van der Waals surface area contributed by atoms with Crippen LogP contribution < -0.4 is 18.9 Å². The molecule has 7 heteroatoms. The number of hydrogen-bond acceptors (Lipinski definition) is 4. The second kappa shape index (κ2) is 5.23. The summed E-state index contributed by atoms with van der Waals surface area (Å²) in [5, 5.41) is 0. The minimum Gasteiger partial charge on any atom is -0.759 e. The van der Waals surface area contributed by atoms with Gasteiger partial charge >= 0.3 is 38.3 Å². The van der Waals surface area contributed by atoms with E-state index in [1.807, 2.05) is 0 Å². The van der Waals surface area contributed by atoms with Gasteiger partial charge in [-0.05, 0) is 0 Å². The summed E-state index contributed by atoms with van der Waals surface area (Å²) in [5.41, 5.74) is 0. The quantitative estimate of drug-likeness (QED) is 0.208. The maximum absolute atomic E-state index is 8.52. The van der Waals surface area contributed by atoms with Gasteiger partial charge in [0.05, 0.1) is 0 Å². The van der Waals surface area contributed by atoms with E-state index >= 15 is 0 Å². The Labute approximate surface area is 66.2 Å². The first-order chi connectivity index (χ1) is 2.00. The van der Waals surface area contributed by atoms with Crippen LogP contribution in [0.1, 0.15) is 0 Å². The van der Waals surface area contributed by atoms with Crippen LogP contribution in [0.25, 0.3) is 0 Å². The molecule has 0 atom stereocenters. The van der Waals surface area contributed by atoms with E-state index in [9.17, 15) is 0 Å². The van der Waals surface area contributed by atoms with Gasteiger partial charge in [-0.2, -0.15) is 0 Å². The van der Waals surface area contributed by atoms with Gasteiger partial charge in [0, 0.05) is 10.4 Å². The fourth-order valence-electron chi connectivity index (χ4n) is 0. The third-order valence-corrected chi connectivity index (χ3v) is 0. The van der Waals surface area contributed by atoms with Gasteiger partial charge in [-0.1, -0.05) is 0 Å². The molecule has 32 valence electrons. The summed E-state index contributed by atoms with van der Waals surface area (Å²) < 4.78 is 34.1. The van der Waals surface area contributed by atoms with Crippen LogP contribution in [0.2, 0.25) is 0 Å². The average Bonchev–Trinajstić information content (AvgIpc) is 0.722. The zero-order valence-electron chi connectivity index (χ0n) is 3.75. The van der Waals surface area contributed by atoms with E-state index < -0.39 is 10.4 Å². The molecule has 0 aromatic heterocycles. The average molecular weight is 168 g/mol. The fourth-order valence-corrected chi connectivity index (χ4v) is 0. The predicted octanol–water partition coefficient (Wildman–Crippen LogP) is -4.34. The van der Waals surface area contributed by atoms with Gasteiger partial charge in [0.25, 0.3) is 0 Å². The van der Waals surface area contributed by atoms with Crippen LogP contribution in [0.15, 0.2) is 0 Å². The first-order valence-corrected chi connectivity index (χ1v) is 2.00. The number of hydrogen-bond donors (Lipinski definition) is 0. The molecule has 0 heterocycles. The van der Waals surface area contributed by atoms with Gasteiger partial charge in [-0.3, -0.25) is 8.42 Å². The maximum Gasteiger partial charge on any atom is 2.00 e. The Kier molecular flexibility index (Phi) is 11.7. The molecule has 0 aliphatic carbocycles. The first-order valence-electron chi connectivity index (χ1n) is 0.667. The summed E-state index contributed by atoms with van der Waals surface area (Å²) >= 11 is 0. The molecule has 0 fully saturated rings. The van der Waals surface area contributed by atoms with Crippen molar-refractivity contribution in [2.24, 2.45) is 0 Å². The Morgan fingerprint density at radius 3 is 1.14 bits per heavy atom. The first kappa shape index (κ1) is 15.7. The molecule has 7 heavy (non-hydrogen) atoms. The third-order valence-electron chi connectivity index (χ3n) is 0. The smallest absolute Gasteiger partial charge is 0.759 e. The SMILES string of the molecule is O=S(=O)([O-])[O-].[Li+].[Zn+2]. The summed E-state index contributed by atoms with van der Waals surface area (Å²) in [4.78, 5) is 0. The molecule has 0 N–H and O–H groups in total. The summed E-state index contributed by atoms with van der Waals surface area (Å²) in [7, 11) is -5.17. The Morgan fingerprint density at radius 1 is 1.14 bits per heavy atom. The van der Waals surface area contributed by atoms with E-state index in [0.29, 0.717) is 0 Å². The van der Waals surface area contributed by atoms with Crippen LogP contribution in [-0.2, 0) is 29.9 Å². The van der Waals surface area contributed by atoms with Gasteiger partial charge < -0.3 is 9.11 Å². The second-order valence-corrected chi connectivity index (χ2v) is 1.22. The summed E-state index contributed by atoms with van der Waals surface area (Å²) in [6, 6.07) is 0. The maximum atomic E-state index is 8.52. The van der Waals surface area contributed by atoms with E-state index in [4.69, 9.17) is 17.5 Å². The fraction of sp³-hybridized carbons (Fsp3) is 0. The van der Waals surface area contributed by atoms with Crippen molar-refractivity contribution in [1.29, 1.82) is 0 Å². The Bertz CT molecular complexity index is 94.9. The van der Waals surface area contributed by atoms with Crippen molar-refractivity contribution in [3.05, 3.63) is 0 Å². The van der Waals surface area contributed by atoms with E-state index in [1.165, 1.54) is 0 Å². The molecule has 0 saturated carbocycles. The monoisotopic (exact) mass is 167 g/mol. The van der Waals surface area contributed by atoms with E-state index in [-0.39, 0.29) is 38.3 Å². The molecular weight excluding hydrogens is 168 g/mol. The third kappa shape index (κ3) is 154. The van der Waals surface area contributed by atoms with E-state index in [1.54, 1.807) is 0 Å². The van der Waals surface area contributed by atoms with Gasteiger partial charge in [-0.25, -0.2) is 0 Å². The van der Waals surface area contributed by atoms with E-state index in [2.05, 4.69) is 0 Å². The van der Waals surface area contributed by atoms with Crippen LogP contribution in [0.4, 0.5) is 0 Å². The molecule has 0 spiro atoms. The van der Waals surface area contributed by atoms with Gasteiger partial charge in [-0.15, -0.1) is 0 Å². The minimum atomic E-state index is -5.17. The molecule has 0 bridgehead atoms. The van der Waals surface area contributed by atoms with Crippen LogP contribution >= 0.6 is 0 Å². The van der Waals surface area contributed by atoms with Crippen LogP contribution in [0, 0.1) is 0 Å². The molecule has 0 aromatic carbocycles. The van der Waals surface area contributed by atoms with Crippen LogP contribution in [0.3, 0.4) is 0 Å². The Hall–Kier alpha value is 1.09. The van der Waals surface area contributed by atoms with Crippen molar-refractivity contribution in [2.75, 3.05) is 0 Å². The summed E-state index contributed by atoms with van der Waals surface area (Å²) in [5.74, 6) is 0. The standard InChI is InChI=1S/Li.H2O4S.Zn/c;1-5(2,3)4;/h;(H2,1,2,3,4);/q+1;;+2/p-2. The molecule has 0 rings (SSSR count). The van der Waals surface area contributed by atoms with Crippen molar-refractivity contribution < 1.29 is 55.9 Å². The van der Waals surface area contributed by atoms with Crippen molar-refractivity contribution >= 4 is 10.4 Å². The molecule has 4 nitrogen and oxygen atoms in total. The van der Waals surface area contributed by atoms with Crippen molar-refractivity contribution in [1.82, 2.24) is 0 Å². The normalized spacial score (nSPS) is 8.29. The van der Waals surface area contributed by atoms with Gasteiger partial charge in [0.15, 0.2) is 0 Å². The van der Waals surface area contributed by atoms with Crippen LogP contribution in [0.5, 0.6) is 0 Å².